The predicted octanol–water partition coefficient (Wildman–Crippen LogP) is 3.81. The minimum absolute atomic E-state index is 0.0530. The van der Waals surface area contributed by atoms with Crippen molar-refractivity contribution in [2.75, 3.05) is 24.5 Å². The van der Waals surface area contributed by atoms with Crippen molar-refractivity contribution in [1.29, 1.82) is 0 Å². The number of piperidine rings is 1. The average Bonchev–Trinajstić information content (AvgIpc) is 3.16. The van der Waals surface area contributed by atoms with E-state index in [-0.39, 0.29) is 23.5 Å². The third kappa shape index (κ3) is 3.44. The third-order valence-corrected chi connectivity index (χ3v) is 5.73. The number of amides is 2. The van der Waals surface area contributed by atoms with Gasteiger partial charge in [-0.05, 0) is 66.3 Å². The SMILES string of the molecule is C=CC(=O)N1CCC(C(=O)N2CCc3cc(-c4cccc(F)c4)ccc32)CC1. The van der Waals surface area contributed by atoms with E-state index in [9.17, 15) is 14.0 Å². The highest BCUT2D eigenvalue weighted by Gasteiger charge is 2.33. The molecule has 2 amide bonds. The number of carbonyl (C=O) groups is 2. The number of nitrogens with zero attached hydrogens (tertiary/aromatic N) is 2. The molecule has 0 N–H and O–H groups in total. The summed E-state index contributed by atoms with van der Waals surface area (Å²) < 4.78 is 13.5. The van der Waals surface area contributed by atoms with Crippen molar-refractivity contribution >= 4 is 17.5 Å². The molecule has 5 heteroatoms. The highest BCUT2D eigenvalue weighted by Crippen LogP contribution is 2.34. The second kappa shape index (κ2) is 7.58. The molecule has 4 rings (SSSR count). The molecule has 2 aliphatic heterocycles. The maximum absolute atomic E-state index is 13.5. The van der Waals surface area contributed by atoms with Gasteiger partial charge < -0.3 is 9.80 Å². The summed E-state index contributed by atoms with van der Waals surface area (Å²) in [5.74, 6) is -0.232. The van der Waals surface area contributed by atoms with E-state index in [0.29, 0.717) is 32.5 Å². The van der Waals surface area contributed by atoms with Crippen LogP contribution in [0.15, 0.2) is 55.1 Å². The highest BCUT2D eigenvalue weighted by atomic mass is 19.1. The van der Waals surface area contributed by atoms with Crippen LogP contribution in [0.3, 0.4) is 0 Å². The molecule has 0 aliphatic carbocycles. The number of benzene rings is 2. The lowest BCUT2D eigenvalue weighted by molar-refractivity contribution is -0.130. The van der Waals surface area contributed by atoms with E-state index in [2.05, 4.69) is 12.6 Å². The number of carbonyl (C=O) groups excluding carboxylic acids is 2. The molecule has 2 aliphatic rings. The number of likely N-dealkylation sites (tertiary alicyclic amines) is 1. The number of fused-ring (bicyclic) bond motifs is 1. The molecule has 0 saturated carbocycles. The standard InChI is InChI=1S/C23H23FN2O2/c1-2-22(27)25-11-8-16(9-12-25)23(28)26-13-10-19-14-18(6-7-21(19)26)17-4-3-5-20(24)15-17/h2-7,14-16H,1,8-13H2. The first-order chi connectivity index (χ1) is 13.6. The molecule has 4 nitrogen and oxygen atoms in total. The molecule has 0 bridgehead atoms. The topological polar surface area (TPSA) is 40.6 Å². The molecular weight excluding hydrogens is 355 g/mol. The van der Waals surface area contributed by atoms with Gasteiger partial charge in [0.1, 0.15) is 5.82 Å². The quantitative estimate of drug-likeness (QED) is 0.762. The van der Waals surface area contributed by atoms with Crippen molar-refractivity contribution in [3.05, 3.63) is 66.5 Å². The monoisotopic (exact) mass is 378 g/mol. The normalized spacial score (nSPS) is 16.8. The number of rotatable bonds is 3. The Labute approximate surface area is 164 Å². The second-order valence-corrected chi connectivity index (χ2v) is 7.40. The molecule has 2 heterocycles. The van der Waals surface area contributed by atoms with Gasteiger partial charge in [0.05, 0.1) is 0 Å². The Morgan fingerprint density at radius 2 is 1.79 bits per heavy atom. The lowest BCUT2D eigenvalue weighted by atomic mass is 9.95. The Morgan fingerprint density at radius 1 is 1.04 bits per heavy atom. The summed E-state index contributed by atoms with van der Waals surface area (Å²) in [6.45, 7) is 5.39. The van der Waals surface area contributed by atoms with Gasteiger partial charge in [-0.25, -0.2) is 4.39 Å². The molecule has 2 aromatic rings. The van der Waals surface area contributed by atoms with Crippen LogP contribution >= 0.6 is 0 Å². The van der Waals surface area contributed by atoms with E-state index in [1.54, 1.807) is 11.0 Å². The molecule has 28 heavy (non-hydrogen) atoms. The molecule has 1 saturated heterocycles. The minimum Gasteiger partial charge on any atom is -0.339 e. The van der Waals surface area contributed by atoms with Gasteiger partial charge in [0, 0.05) is 31.2 Å². The van der Waals surface area contributed by atoms with E-state index in [0.717, 1.165) is 28.8 Å². The van der Waals surface area contributed by atoms with Gasteiger partial charge in [-0.15, -0.1) is 0 Å². The Hall–Kier alpha value is -2.95. The molecular formula is C23H23FN2O2. The zero-order valence-corrected chi connectivity index (χ0v) is 15.7. The summed E-state index contributed by atoms with van der Waals surface area (Å²) in [6.07, 6.45) is 3.50. The number of halogens is 1. The van der Waals surface area contributed by atoms with Crippen molar-refractivity contribution in [3.63, 3.8) is 0 Å². The van der Waals surface area contributed by atoms with Crippen LogP contribution < -0.4 is 4.90 Å². The minimum atomic E-state index is -0.254. The van der Waals surface area contributed by atoms with Crippen molar-refractivity contribution in [1.82, 2.24) is 4.90 Å². The molecule has 0 atom stereocenters. The lowest BCUT2D eigenvalue weighted by Crippen LogP contribution is -2.43. The summed E-state index contributed by atoms with van der Waals surface area (Å²) in [7, 11) is 0. The first-order valence-electron chi connectivity index (χ1n) is 9.68. The van der Waals surface area contributed by atoms with Crippen LogP contribution in [0.5, 0.6) is 0 Å². The van der Waals surface area contributed by atoms with Crippen molar-refractivity contribution in [2.45, 2.75) is 19.3 Å². The van der Waals surface area contributed by atoms with Gasteiger partial charge in [-0.2, -0.15) is 0 Å². The Kier molecular flexibility index (Phi) is 4.99. The van der Waals surface area contributed by atoms with Crippen LogP contribution in [0.25, 0.3) is 11.1 Å². The van der Waals surface area contributed by atoms with E-state index in [1.807, 2.05) is 23.1 Å². The van der Waals surface area contributed by atoms with Gasteiger partial charge >= 0.3 is 0 Å². The first-order valence-corrected chi connectivity index (χ1v) is 9.68. The van der Waals surface area contributed by atoms with Crippen molar-refractivity contribution in [3.8, 4) is 11.1 Å². The van der Waals surface area contributed by atoms with Gasteiger partial charge in [0.15, 0.2) is 0 Å². The summed E-state index contributed by atoms with van der Waals surface area (Å²) in [6, 6.07) is 12.5. The first kappa shape index (κ1) is 18.4. The van der Waals surface area contributed by atoms with Crippen LogP contribution in [0.4, 0.5) is 10.1 Å². The number of anilines is 1. The van der Waals surface area contributed by atoms with Crippen LogP contribution in [-0.4, -0.2) is 36.3 Å². The molecule has 0 spiro atoms. The molecule has 0 radical (unpaired) electrons. The second-order valence-electron chi connectivity index (χ2n) is 7.40. The molecule has 0 aromatic heterocycles. The Bertz CT molecular complexity index is 932. The fourth-order valence-electron chi connectivity index (χ4n) is 4.17. The summed E-state index contributed by atoms with van der Waals surface area (Å²) in [5.41, 5.74) is 3.87. The maximum atomic E-state index is 13.5. The zero-order valence-electron chi connectivity index (χ0n) is 15.7. The van der Waals surface area contributed by atoms with E-state index in [1.165, 1.54) is 18.2 Å². The van der Waals surface area contributed by atoms with Gasteiger partial charge in [-0.1, -0.05) is 24.8 Å². The third-order valence-electron chi connectivity index (χ3n) is 5.73. The van der Waals surface area contributed by atoms with Gasteiger partial charge in [0.25, 0.3) is 0 Å². The average molecular weight is 378 g/mol. The summed E-state index contributed by atoms with van der Waals surface area (Å²) in [5, 5.41) is 0. The fourth-order valence-corrected chi connectivity index (χ4v) is 4.17. The zero-order chi connectivity index (χ0) is 19.7. The Balaban J connectivity index is 1.48. The Morgan fingerprint density at radius 3 is 2.50 bits per heavy atom. The summed E-state index contributed by atoms with van der Waals surface area (Å²) >= 11 is 0. The van der Waals surface area contributed by atoms with E-state index in [4.69, 9.17) is 0 Å². The smallest absolute Gasteiger partial charge is 0.245 e. The van der Waals surface area contributed by atoms with Crippen LogP contribution in [0.1, 0.15) is 18.4 Å². The predicted molar refractivity (Wildman–Crippen MR) is 107 cm³/mol. The highest BCUT2D eigenvalue weighted by molar-refractivity contribution is 5.97. The van der Waals surface area contributed by atoms with Gasteiger partial charge in [-0.3, -0.25) is 9.59 Å². The lowest BCUT2D eigenvalue weighted by Gasteiger charge is -2.32. The van der Waals surface area contributed by atoms with E-state index >= 15 is 0 Å². The fraction of sp³-hybridized carbons (Fsp3) is 0.304. The largest absolute Gasteiger partial charge is 0.339 e. The number of hydrogen-bond donors (Lipinski definition) is 0. The van der Waals surface area contributed by atoms with Crippen LogP contribution in [-0.2, 0) is 16.0 Å². The van der Waals surface area contributed by atoms with Crippen LogP contribution in [0.2, 0.25) is 0 Å². The molecule has 2 aromatic carbocycles. The van der Waals surface area contributed by atoms with Crippen molar-refractivity contribution < 1.29 is 14.0 Å². The molecule has 144 valence electrons. The summed E-state index contributed by atoms with van der Waals surface area (Å²) in [4.78, 5) is 28.4. The van der Waals surface area contributed by atoms with Crippen molar-refractivity contribution in [2.24, 2.45) is 5.92 Å². The van der Waals surface area contributed by atoms with Gasteiger partial charge in [0.2, 0.25) is 11.8 Å². The maximum Gasteiger partial charge on any atom is 0.245 e. The molecule has 1 fully saturated rings. The van der Waals surface area contributed by atoms with E-state index < -0.39 is 0 Å². The molecule has 0 unspecified atom stereocenters. The number of hydrogen-bond acceptors (Lipinski definition) is 2. The van der Waals surface area contributed by atoms with Crippen LogP contribution in [0, 0.1) is 11.7 Å².